The van der Waals surface area contributed by atoms with E-state index >= 15 is 0 Å². The van der Waals surface area contributed by atoms with Crippen LogP contribution in [0.2, 0.25) is 0 Å². The molecule has 1 atom stereocenters. The average molecular weight is 762 g/mol. The molecule has 9 aromatic carbocycles. The lowest BCUT2D eigenvalue weighted by Gasteiger charge is -2.32. The summed E-state index contributed by atoms with van der Waals surface area (Å²) in [5.41, 5.74) is 13.2. The molecule has 0 amide bonds. The average Bonchev–Trinajstić information content (AvgIpc) is 3.96. The fourth-order valence-corrected chi connectivity index (χ4v) is 10.9. The van der Waals surface area contributed by atoms with Gasteiger partial charge < -0.3 is 9.80 Å². The highest BCUT2D eigenvalue weighted by atomic mass is 32.1. The van der Waals surface area contributed by atoms with Gasteiger partial charge in [0.15, 0.2) is 0 Å². The van der Waals surface area contributed by atoms with Crippen LogP contribution in [0, 0.1) is 0 Å². The van der Waals surface area contributed by atoms with E-state index in [9.17, 15) is 0 Å². The highest BCUT2D eigenvalue weighted by Gasteiger charge is 2.52. The SMILES string of the molecule is [2H]c1c([2H])c([2H])c(N(c2ccccc2)c2ccc3c(c2)-c2ccccc2C32c3ccccc3-c3ccc(N(c4ccccc4)c4cccc5c4sc4ccccc45)cc32)c([2H])c1[2H]. The molecular weight excluding hydrogens is 721 g/mol. The molecule has 1 heterocycles. The summed E-state index contributed by atoms with van der Waals surface area (Å²) >= 11 is 1.83. The molecule has 0 fully saturated rings. The van der Waals surface area contributed by atoms with Gasteiger partial charge in [-0.25, -0.2) is 0 Å². The van der Waals surface area contributed by atoms with Crippen molar-refractivity contribution in [3.05, 3.63) is 241 Å². The third kappa shape index (κ3) is 4.71. The van der Waals surface area contributed by atoms with E-state index in [1.165, 1.54) is 48.0 Å². The zero-order valence-corrected chi connectivity index (χ0v) is 32.0. The maximum absolute atomic E-state index is 9.06. The lowest BCUT2D eigenvalue weighted by atomic mass is 9.70. The largest absolute Gasteiger partial charge is 0.310 e. The van der Waals surface area contributed by atoms with Crippen molar-refractivity contribution in [3.63, 3.8) is 0 Å². The number of hydrogen-bond donors (Lipinski definition) is 0. The minimum Gasteiger partial charge on any atom is -0.310 e. The fourth-order valence-electron chi connectivity index (χ4n) is 9.65. The second-order valence-electron chi connectivity index (χ2n) is 14.9. The Bertz CT molecular complexity index is 3470. The van der Waals surface area contributed by atoms with E-state index in [0.717, 1.165) is 33.8 Å². The Kier molecular flexibility index (Phi) is 6.29. The number of rotatable bonds is 6. The van der Waals surface area contributed by atoms with E-state index in [1.54, 1.807) is 4.90 Å². The summed E-state index contributed by atoms with van der Waals surface area (Å²) in [4.78, 5) is 4.20. The Balaban J connectivity index is 1.11. The van der Waals surface area contributed by atoms with Gasteiger partial charge in [0.1, 0.15) is 0 Å². The maximum atomic E-state index is 9.06. The highest BCUT2D eigenvalue weighted by Crippen LogP contribution is 2.64. The molecule has 0 radical (unpaired) electrons. The molecule has 0 aliphatic heterocycles. The Morgan fingerprint density at radius 2 is 0.948 bits per heavy atom. The summed E-state index contributed by atoms with van der Waals surface area (Å²) in [5.74, 6) is 0. The summed E-state index contributed by atoms with van der Waals surface area (Å²) in [6, 6.07) is 64.5. The number of anilines is 6. The van der Waals surface area contributed by atoms with Crippen LogP contribution in [0.1, 0.15) is 29.1 Å². The van der Waals surface area contributed by atoms with Crippen LogP contribution in [0.25, 0.3) is 42.4 Å². The third-order valence-corrected chi connectivity index (χ3v) is 13.1. The van der Waals surface area contributed by atoms with Gasteiger partial charge in [0.25, 0.3) is 0 Å². The molecule has 2 aliphatic rings. The van der Waals surface area contributed by atoms with Crippen molar-refractivity contribution in [1.29, 1.82) is 0 Å². The van der Waals surface area contributed by atoms with Crippen molar-refractivity contribution in [2.45, 2.75) is 5.41 Å². The van der Waals surface area contributed by atoms with Gasteiger partial charge in [-0.1, -0.05) is 146 Å². The Labute approximate surface area is 349 Å². The number of nitrogens with zero attached hydrogens (tertiary/aromatic N) is 2. The fraction of sp³-hybridized carbons (Fsp3) is 0.0182. The lowest BCUT2D eigenvalue weighted by molar-refractivity contribution is 0.793. The van der Waals surface area contributed by atoms with Gasteiger partial charge in [-0.05, 0) is 117 Å². The summed E-state index contributed by atoms with van der Waals surface area (Å²) in [6.07, 6.45) is 0. The molecule has 2 nitrogen and oxygen atoms in total. The van der Waals surface area contributed by atoms with Gasteiger partial charge in [-0.2, -0.15) is 0 Å². The lowest BCUT2D eigenvalue weighted by Crippen LogP contribution is -2.26. The Hall–Kier alpha value is -7.20. The molecular formula is C55H36N2S. The second kappa shape index (κ2) is 12.9. The molecule has 1 unspecified atom stereocenters. The standard InChI is InChI=1S/C55H36N2S/c1-4-17-37(18-5-1)56(38-19-6-2-7-20-38)40-32-34-50-47(35-40)43-24-11-14-28-49(43)55(50)48-27-13-10-23-42(48)44-33-31-41(36-51(44)55)57(39-21-8-3-9-22-39)52-29-16-26-46-45-25-12-15-30-53(45)58-54(46)52/h1-36H/i1D,4D,5D,17D,18D. The molecule has 3 heteroatoms. The highest BCUT2D eigenvalue weighted by molar-refractivity contribution is 7.26. The van der Waals surface area contributed by atoms with Crippen LogP contribution in [0.5, 0.6) is 0 Å². The van der Waals surface area contributed by atoms with Gasteiger partial charge in [-0.3, -0.25) is 0 Å². The molecule has 12 rings (SSSR count). The van der Waals surface area contributed by atoms with Gasteiger partial charge in [0.2, 0.25) is 0 Å². The van der Waals surface area contributed by atoms with E-state index in [4.69, 9.17) is 6.85 Å². The number of hydrogen-bond acceptors (Lipinski definition) is 3. The van der Waals surface area contributed by atoms with E-state index in [0.29, 0.717) is 11.4 Å². The van der Waals surface area contributed by atoms with Crippen LogP contribution in [-0.4, -0.2) is 0 Å². The van der Waals surface area contributed by atoms with Crippen molar-refractivity contribution in [1.82, 2.24) is 0 Å². The number of benzene rings is 9. The van der Waals surface area contributed by atoms with Gasteiger partial charge >= 0.3 is 0 Å². The first-order valence-corrected chi connectivity index (χ1v) is 20.3. The molecule has 1 aromatic heterocycles. The van der Waals surface area contributed by atoms with Gasteiger partial charge in [0.05, 0.1) is 22.7 Å². The summed E-state index contributed by atoms with van der Waals surface area (Å²) < 4.78 is 46.2. The molecule has 0 saturated heterocycles. The van der Waals surface area contributed by atoms with Crippen molar-refractivity contribution >= 4 is 65.6 Å². The monoisotopic (exact) mass is 761 g/mol. The third-order valence-electron chi connectivity index (χ3n) is 11.9. The molecule has 0 saturated carbocycles. The zero-order chi connectivity index (χ0) is 42.6. The van der Waals surface area contributed by atoms with E-state index in [2.05, 4.69) is 157 Å². The zero-order valence-electron chi connectivity index (χ0n) is 36.2. The Morgan fingerprint density at radius 1 is 0.379 bits per heavy atom. The first-order valence-electron chi connectivity index (χ1n) is 22.0. The van der Waals surface area contributed by atoms with Crippen molar-refractivity contribution < 1.29 is 6.85 Å². The second-order valence-corrected chi connectivity index (χ2v) is 15.9. The molecule has 58 heavy (non-hydrogen) atoms. The van der Waals surface area contributed by atoms with E-state index in [1.807, 2.05) is 47.7 Å². The van der Waals surface area contributed by atoms with Crippen molar-refractivity contribution in [2.24, 2.45) is 0 Å². The van der Waals surface area contributed by atoms with Crippen LogP contribution in [0.15, 0.2) is 218 Å². The van der Waals surface area contributed by atoms with Gasteiger partial charge in [-0.15, -0.1) is 11.3 Å². The quantitative estimate of drug-likeness (QED) is 0.166. The van der Waals surface area contributed by atoms with Crippen molar-refractivity contribution in [2.75, 3.05) is 9.80 Å². The topological polar surface area (TPSA) is 6.48 Å². The minimum absolute atomic E-state index is 0.101. The summed E-state index contributed by atoms with van der Waals surface area (Å²) in [7, 11) is 0. The summed E-state index contributed by atoms with van der Waals surface area (Å²) in [6.45, 7) is 0. The molecule has 0 N–H and O–H groups in total. The van der Waals surface area contributed by atoms with E-state index < -0.39 is 11.5 Å². The molecule has 2 aliphatic carbocycles. The molecule has 0 bridgehead atoms. The van der Waals surface area contributed by atoms with Crippen LogP contribution in [0.3, 0.4) is 0 Å². The van der Waals surface area contributed by atoms with Crippen LogP contribution in [0.4, 0.5) is 34.1 Å². The predicted octanol–water partition coefficient (Wildman–Crippen LogP) is 15.3. The molecule has 1 spiro atoms. The number of fused-ring (bicyclic) bond motifs is 13. The smallest absolute Gasteiger partial charge is 0.0726 e. The first kappa shape index (κ1) is 28.2. The normalized spacial score (nSPS) is 15.8. The van der Waals surface area contributed by atoms with Gasteiger partial charge in [0, 0.05) is 43.9 Å². The number of para-hydroxylation sites is 3. The minimum atomic E-state index is -0.674. The summed E-state index contributed by atoms with van der Waals surface area (Å²) in [5, 5.41) is 2.49. The number of thiophene rings is 1. The maximum Gasteiger partial charge on any atom is 0.0726 e. The molecule has 272 valence electrons. The first-order chi connectivity index (χ1) is 30.9. The van der Waals surface area contributed by atoms with Crippen molar-refractivity contribution in [3.8, 4) is 22.3 Å². The van der Waals surface area contributed by atoms with Crippen LogP contribution >= 0.6 is 11.3 Å². The Morgan fingerprint density at radius 3 is 1.71 bits per heavy atom. The van der Waals surface area contributed by atoms with Crippen LogP contribution < -0.4 is 9.80 Å². The molecule has 10 aromatic rings. The predicted molar refractivity (Wildman–Crippen MR) is 245 cm³/mol. The van der Waals surface area contributed by atoms with E-state index in [-0.39, 0.29) is 29.9 Å². The van der Waals surface area contributed by atoms with Crippen LogP contribution in [-0.2, 0) is 5.41 Å².